The quantitative estimate of drug-likeness (QED) is 0.602. The molecule has 1 aromatic carbocycles. The van der Waals surface area contributed by atoms with Crippen molar-refractivity contribution in [2.45, 2.75) is 25.6 Å². The summed E-state index contributed by atoms with van der Waals surface area (Å²) in [4.78, 5) is -0.384. The van der Waals surface area contributed by atoms with Gasteiger partial charge in [0.15, 0.2) is 0 Å². The third-order valence-corrected chi connectivity index (χ3v) is 2.28. The van der Waals surface area contributed by atoms with Crippen molar-refractivity contribution in [1.82, 2.24) is 0 Å². The lowest BCUT2D eigenvalue weighted by Gasteiger charge is -2.17. The lowest BCUT2D eigenvalue weighted by molar-refractivity contribution is 0.766. The molecule has 1 aromatic rings. The predicted octanol–water partition coefficient (Wildman–Crippen LogP) is 4.12. The molecule has 0 nitrogen and oxygen atoms in total. The van der Waals surface area contributed by atoms with Crippen LogP contribution in [0.5, 0.6) is 0 Å². The Balaban J connectivity index is 3.19. The Bertz CT molecular complexity index is 284. The molecule has 0 bridgehead atoms. The van der Waals surface area contributed by atoms with E-state index >= 15 is 0 Å². The van der Waals surface area contributed by atoms with Gasteiger partial charge in [-0.25, -0.2) is 0 Å². The normalized spacial score (nSPS) is 11.8. The topological polar surface area (TPSA) is 0 Å². The molecule has 12 heavy (non-hydrogen) atoms. The fourth-order valence-electron chi connectivity index (χ4n) is 1.10. The standard InChI is InChI=1S/C10H12Cl2/c1-7-4-5-8(9(11)6-7)10(2,3)12/h4-6H,1-3H3. The summed E-state index contributed by atoms with van der Waals surface area (Å²) in [5.74, 6) is 0. The van der Waals surface area contributed by atoms with Crippen molar-refractivity contribution in [2.24, 2.45) is 0 Å². The lowest BCUT2D eigenvalue weighted by atomic mass is 10.0. The first-order valence-electron chi connectivity index (χ1n) is 3.87. The molecule has 0 N–H and O–H groups in total. The summed E-state index contributed by atoms with van der Waals surface area (Å²) >= 11 is 12.2. The second-order valence-corrected chi connectivity index (χ2v) is 4.81. The fourth-order valence-corrected chi connectivity index (χ4v) is 1.79. The summed E-state index contributed by atoms with van der Waals surface area (Å²) < 4.78 is 0. The van der Waals surface area contributed by atoms with E-state index in [4.69, 9.17) is 23.2 Å². The van der Waals surface area contributed by atoms with Crippen LogP contribution in [0.1, 0.15) is 25.0 Å². The predicted molar refractivity (Wildman–Crippen MR) is 55.1 cm³/mol. The number of hydrogen-bond acceptors (Lipinski definition) is 0. The van der Waals surface area contributed by atoms with Gasteiger partial charge in [-0.15, -0.1) is 11.6 Å². The molecule has 0 aliphatic carbocycles. The van der Waals surface area contributed by atoms with Crippen LogP contribution in [0.15, 0.2) is 18.2 Å². The summed E-state index contributed by atoms with van der Waals surface area (Å²) in [7, 11) is 0. The SMILES string of the molecule is Cc1ccc(C(C)(C)Cl)c(Cl)c1. The van der Waals surface area contributed by atoms with Crippen molar-refractivity contribution in [3.8, 4) is 0 Å². The molecule has 0 fully saturated rings. The molecule has 66 valence electrons. The van der Waals surface area contributed by atoms with Crippen LogP contribution < -0.4 is 0 Å². The summed E-state index contributed by atoms with van der Waals surface area (Å²) in [6, 6.07) is 5.93. The summed E-state index contributed by atoms with van der Waals surface area (Å²) in [6.45, 7) is 5.88. The summed E-state index contributed by atoms with van der Waals surface area (Å²) in [5, 5.41) is 0.745. The van der Waals surface area contributed by atoms with Crippen LogP contribution in [0.2, 0.25) is 5.02 Å². The maximum Gasteiger partial charge on any atom is 0.0653 e. The first-order chi connectivity index (χ1) is 5.41. The minimum absolute atomic E-state index is 0.384. The highest BCUT2D eigenvalue weighted by atomic mass is 35.5. The van der Waals surface area contributed by atoms with E-state index in [1.165, 1.54) is 0 Å². The van der Waals surface area contributed by atoms with E-state index in [1.54, 1.807) is 0 Å². The molecule has 0 aliphatic heterocycles. The van der Waals surface area contributed by atoms with Gasteiger partial charge >= 0.3 is 0 Å². The van der Waals surface area contributed by atoms with Crippen molar-refractivity contribution < 1.29 is 0 Å². The van der Waals surface area contributed by atoms with E-state index in [2.05, 4.69) is 0 Å². The smallest absolute Gasteiger partial charge is 0.0653 e. The molecule has 0 aliphatic rings. The van der Waals surface area contributed by atoms with Gasteiger partial charge in [-0.2, -0.15) is 0 Å². The molecule has 0 aromatic heterocycles. The Labute approximate surface area is 83.5 Å². The second kappa shape index (κ2) is 3.27. The molecule has 0 radical (unpaired) electrons. The summed E-state index contributed by atoms with van der Waals surface area (Å²) in [5.41, 5.74) is 2.14. The van der Waals surface area contributed by atoms with Gasteiger partial charge < -0.3 is 0 Å². The Hall–Kier alpha value is -0.200. The van der Waals surface area contributed by atoms with Crippen LogP contribution in [0.25, 0.3) is 0 Å². The monoisotopic (exact) mass is 202 g/mol. The summed E-state index contributed by atoms with van der Waals surface area (Å²) in [6.07, 6.45) is 0. The molecule has 0 unspecified atom stereocenters. The molecule has 0 saturated heterocycles. The van der Waals surface area contributed by atoms with Crippen molar-refractivity contribution in [1.29, 1.82) is 0 Å². The third-order valence-electron chi connectivity index (χ3n) is 1.77. The van der Waals surface area contributed by atoms with Gasteiger partial charge in [0.05, 0.1) is 4.87 Å². The van der Waals surface area contributed by atoms with Crippen molar-refractivity contribution >= 4 is 23.2 Å². The Morgan fingerprint density at radius 1 is 1.25 bits per heavy atom. The van der Waals surface area contributed by atoms with E-state index in [-0.39, 0.29) is 4.87 Å². The van der Waals surface area contributed by atoms with Gasteiger partial charge in [0.1, 0.15) is 0 Å². The zero-order chi connectivity index (χ0) is 9.35. The number of halogens is 2. The van der Waals surface area contributed by atoms with Crippen molar-refractivity contribution in [2.75, 3.05) is 0 Å². The van der Waals surface area contributed by atoms with E-state index in [0.717, 1.165) is 16.1 Å². The van der Waals surface area contributed by atoms with Crippen molar-refractivity contribution in [3.05, 3.63) is 34.3 Å². The van der Waals surface area contributed by atoms with Crippen LogP contribution in [0.4, 0.5) is 0 Å². The average Bonchev–Trinajstić information content (AvgIpc) is 1.83. The van der Waals surface area contributed by atoms with Gasteiger partial charge in [0.25, 0.3) is 0 Å². The lowest BCUT2D eigenvalue weighted by Crippen LogP contribution is -2.07. The van der Waals surface area contributed by atoms with Gasteiger partial charge in [-0.1, -0.05) is 23.7 Å². The fraction of sp³-hybridized carbons (Fsp3) is 0.400. The number of aryl methyl sites for hydroxylation is 1. The second-order valence-electron chi connectivity index (χ2n) is 3.46. The molecular formula is C10H12Cl2. The van der Waals surface area contributed by atoms with Crippen LogP contribution in [-0.2, 0) is 4.87 Å². The molecular weight excluding hydrogens is 191 g/mol. The molecule has 2 heteroatoms. The number of rotatable bonds is 1. The van der Waals surface area contributed by atoms with Crippen LogP contribution in [0, 0.1) is 6.92 Å². The number of hydrogen-bond donors (Lipinski definition) is 0. The highest BCUT2D eigenvalue weighted by Gasteiger charge is 2.19. The maximum atomic E-state index is 6.13. The first-order valence-corrected chi connectivity index (χ1v) is 4.62. The maximum absolute atomic E-state index is 6.13. The first kappa shape index (κ1) is 9.88. The van der Waals surface area contributed by atoms with Gasteiger partial charge in [-0.05, 0) is 38.0 Å². The highest BCUT2D eigenvalue weighted by Crippen LogP contribution is 2.33. The molecule has 0 spiro atoms. The number of alkyl halides is 1. The average molecular weight is 203 g/mol. The van der Waals surface area contributed by atoms with Gasteiger partial charge in [-0.3, -0.25) is 0 Å². The molecule has 0 atom stereocenters. The van der Waals surface area contributed by atoms with Crippen molar-refractivity contribution in [3.63, 3.8) is 0 Å². The van der Waals surface area contributed by atoms with Crippen LogP contribution in [0.3, 0.4) is 0 Å². The van der Waals surface area contributed by atoms with E-state index in [1.807, 2.05) is 39.0 Å². The highest BCUT2D eigenvalue weighted by molar-refractivity contribution is 6.33. The Morgan fingerprint density at radius 3 is 2.25 bits per heavy atom. The third kappa shape index (κ3) is 2.15. The number of benzene rings is 1. The minimum atomic E-state index is -0.384. The molecule has 0 heterocycles. The van der Waals surface area contributed by atoms with Gasteiger partial charge in [0, 0.05) is 5.02 Å². The Kier molecular flexibility index (Phi) is 2.70. The largest absolute Gasteiger partial charge is 0.115 e. The minimum Gasteiger partial charge on any atom is -0.115 e. The molecule has 1 rings (SSSR count). The Morgan fingerprint density at radius 2 is 1.83 bits per heavy atom. The van der Waals surface area contributed by atoms with E-state index in [9.17, 15) is 0 Å². The van der Waals surface area contributed by atoms with E-state index in [0.29, 0.717) is 0 Å². The van der Waals surface area contributed by atoms with E-state index < -0.39 is 0 Å². The van der Waals surface area contributed by atoms with Crippen LogP contribution in [-0.4, -0.2) is 0 Å². The molecule has 0 saturated carbocycles. The zero-order valence-corrected chi connectivity index (χ0v) is 9.00. The van der Waals surface area contributed by atoms with Gasteiger partial charge in [0.2, 0.25) is 0 Å². The zero-order valence-electron chi connectivity index (χ0n) is 7.49. The molecule has 0 amide bonds. The van der Waals surface area contributed by atoms with Crippen LogP contribution >= 0.6 is 23.2 Å².